The summed E-state index contributed by atoms with van der Waals surface area (Å²) in [5.41, 5.74) is 3.34. The van der Waals surface area contributed by atoms with E-state index in [-0.39, 0.29) is 5.82 Å². The fourth-order valence-corrected chi connectivity index (χ4v) is 4.85. The fraction of sp³-hybridized carbons (Fsp3) is 0.0500. The van der Waals surface area contributed by atoms with E-state index in [4.69, 9.17) is 35.4 Å². The smallest absolute Gasteiger partial charge is 0.199 e. The van der Waals surface area contributed by atoms with Gasteiger partial charge in [-0.25, -0.2) is 9.37 Å². The number of imidazole rings is 1. The monoisotopic (exact) mass is 475 g/mol. The van der Waals surface area contributed by atoms with Crippen LogP contribution >= 0.6 is 46.8 Å². The van der Waals surface area contributed by atoms with Crippen LogP contribution in [0.4, 0.5) is 4.39 Å². The van der Waals surface area contributed by atoms with Crippen LogP contribution < -0.4 is 0 Å². The Hall–Kier alpha value is -2.52. The molecule has 3 aromatic heterocycles. The molecule has 0 radical (unpaired) electrons. The van der Waals surface area contributed by atoms with Crippen molar-refractivity contribution in [2.45, 2.75) is 6.42 Å². The molecule has 0 saturated heterocycles. The van der Waals surface area contributed by atoms with Crippen LogP contribution in [0.2, 0.25) is 10.0 Å². The molecular formula is C20H12Cl2FN5S2. The van der Waals surface area contributed by atoms with Crippen molar-refractivity contribution < 1.29 is 4.39 Å². The molecule has 10 heteroatoms. The molecule has 0 aliphatic carbocycles. The molecule has 0 bridgehead atoms. The number of hydrogen-bond acceptors (Lipinski definition) is 4. The number of aromatic amines is 1. The van der Waals surface area contributed by atoms with Gasteiger partial charge in [-0.3, -0.25) is 14.1 Å². The number of nitrogens with zero attached hydrogens (tertiary/aromatic N) is 4. The Balaban J connectivity index is 1.54. The Morgan fingerprint density at radius 2 is 1.93 bits per heavy atom. The maximum Gasteiger partial charge on any atom is 0.199 e. The number of fused-ring (bicyclic) bond motifs is 1. The minimum Gasteiger partial charge on any atom is -0.294 e. The minimum atomic E-state index is -0.274. The zero-order valence-electron chi connectivity index (χ0n) is 15.1. The summed E-state index contributed by atoms with van der Waals surface area (Å²) in [5, 5.41) is 10.3. The standard InChI is InChI=1S/C20H12Cl2FN5S2/c21-12-3-6-17(15(22)7-12)28-18(25-26-19(28)29)8-14-10-30-20-24-16(9-27(14)20)11-1-4-13(23)5-2-11/h1-7,9-10H,8H2,(H,26,29). The molecule has 0 fully saturated rings. The SMILES string of the molecule is Fc1ccc(-c2cn3c(Cc4n[nH]c(=S)n4-c4ccc(Cl)cc4Cl)csc3n2)cc1. The van der Waals surface area contributed by atoms with E-state index in [1.165, 1.54) is 23.5 Å². The quantitative estimate of drug-likeness (QED) is 0.308. The van der Waals surface area contributed by atoms with E-state index in [2.05, 4.69) is 15.2 Å². The summed E-state index contributed by atoms with van der Waals surface area (Å²) in [6.45, 7) is 0. The molecule has 0 aliphatic heterocycles. The highest BCUT2D eigenvalue weighted by Gasteiger charge is 2.16. The van der Waals surface area contributed by atoms with Gasteiger partial charge in [0, 0.05) is 34.3 Å². The first-order chi connectivity index (χ1) is 14.5. The summed E-state index contributed by atoms with van der Waals surface area (Å²) in [4.78, 5) is 5.49. The number of thiazole rings is 1. The molecule has 2 aromatic carbocycles. The van der Waals surface area contributed by atoms with Crippen LogP contribution in [0.5, 0.6) is 0 Å². The van der Waals surface area contributed by atoms with Gasteiger partial charge in [0.2, 0.25) is 0 Å². The third-order valence-corrected chi connectivity index (χ3v) is 6.36. The molecule has 0 saturated carbocycles. The van der Waals surface area contributed by atoms with Crippen molar-refractivity contribution in [1.29, 1.82) is 0 Å². The van der Waals surface area contributed by atoms with Gasteiger partial charge in [-0.05, 0) is 54.7 Å². The Labute approximate surface area is 189 Å². The molecular weight excluding hydrogens is 464 g/mol. The predicted molar refractivity (Wildman–Crippen MR) is 120 cm³/mol. The number of aromatic nitrogens is 5. The van der Waals surface area contributed by atoms with Gasteiger partial charge in [-0.1, -0.05) is 23.2 Å². The van der Waals surface area contributed by atoms with E-state index < -0.39 is 0 Å². The zero-order valence-corrected chi connectivity index (χ0v) is 18.3. The summed E-state index contributed by atoms with van der Waals surface area (Å²) in [7, 11) is 0. The predicted octanol–water partition coefficient (Wildman–Crippen LogP) is 6.34. The summed E-state index contributed by atoms with van der Waals surface area (Å²) < 4.78 is 17.5. The average Bonchev–Trinajstić information content (AvgIpc) is 3.39. The number of hydrogen-bond donors (Lipinski definition) is 1. The molecule has 0 unspecified atom stereocenters. The van der Waals surface area contributed by atoms with Crippen molar-refractivity contribution in [2.75, 3.05) is 0 Å². The van der Waals surface area contributed by atoms with E-state index in [9.17, 15) is 4.39 Å². The maximum absolute atomic E-state index is 13.2. The summed E-state index contributed by atoms with van der Waals surface area (Å²) >= 11 is 19.4. The van der Waals surface area contributed by atoms with Crippen LogP contribution in [0, 0.1) is 10.6 Å². The number of halogens is 3. The van der Waals surface area contributed by atoms with Crippen molar-refractivity contribution in [1.82, 2.24) is 24.1 Å². The molecule has 0 aliphatic rings. The van der Waals surface area contributed by atoms with Gasteiger partial charge in [0.15, 0.2) is 9.73 Å². The highest BCUT2D eigenvalue weighted by molar-refractivity contribution is 7.71. The Morgan fingerprint density at radius 3 is 2.70 bits per heavy atom. The number of rotatable bonds is 4. The highest BCUT2D eigenvalue weighted by atomic mass is 35.5. The van der Waals surface area contributed by atoms with Crippen molar-refractivity contribution >= 4 is 51.7 Å². The molecule has 30 heavy (non-hydrogen) atoms. The molecule has 150 valence electrons. The third-order valence-electron chi connectivity index (χ3n) is 4.66. The molecule has 3 heterocycles. The fourth-order valence-electron chi connectivity index (χ4n) is 3.24. The van der Waals surface area contributed by atoms with Crippen LogP contribution in [-0.2, 0) is 6.42 Å². The Bertz CT molecular complexity index is 1430. The third kappa shape index (κ3) is 3.45. The van der Waals surface area contributed by atoms with Gasteiger partial charge < -0.3 is 0 Å². The van der Waals surface area contributed by atoms with Crippen LogP contribution in [0.15, 0.2) is 54.0 Å². The van der Waals surface area contributed by atoms with Crippen molar-refractivity contribution in [2.24, 2.45) is 0 Å². The van der Waals surface area contributed by atoms with Crippen molar-refractivity contribution in [3.05, 3.63) is 86.2 Å². The van der Waals surface area contributed by atoms with E-state index >= 15 is 0 Å². The molecule has 0 spiro atoms. The second-order valence-corrected chi connectivity index (χ2v) is 8.63. The summed E-state index contributed by atoms with van der Waals surface area (Å²) in [5.74, 6) is 0.435. The summed E-state index contributed by atoms with van der Waals surface area (Å²) in [6, 6.07) is 11.5. The maximum atomic E-state index is 13.2. The lowest BCUT2D eigenvalue weighted by Crippen LogP contribution is -2.04. The van der Waals surface area contributed by atoms with Gasteiger partial charge in [-0.15, -0.1) is 11.3 Å². The van der Waals surface area contributed by atoms with E-state index in [0.29, 0.717) is 32.7 Å². The van der Waals surface area contributed by atoms with Gasteiger partial charge in [0.1, 0.15) is 11.6 Å². The second-order valence-electron chi connectivity index (χ2n) is 6.57. The topological polar surface area (TPSA) is 50.9 Å². The lowest BCUT2D eigenvalue weighted by molar-refractivity contribution is 0.628. The normalized spacial score (nSPS) is 11.4. The molecule has 5 rings (SSSR count). The number of nitrogens with one attached hydrogen (secondary N) is 1. The van der Waals surface area contributed by atoms with Gasteiger partial charge in [-0.2, -0.15) is 5.10 Å². The van der Waals surface area contributed by atoms with E-state index in [0.717, 1.165) is 21.9 Å². The molecule has 0 amide bonds. The first-order valence-electron chi connectivity index (χ1n) is 8.83. The number of benzene rings is 2. The van der Waals surface area contributed by atoms with Crippen LogP contribution in [0.3, 0.4) is 0 Å². The molecule has 0 atom stereocenters. The molecule has 5 nitrogen and oxygen atoms in total. The minimum absolute atomic E-state index is 0.274. The van der Waals surface area contributed by atoms with Crippen molar-refractivity contribution in [3.8, 4) is 16.9 Å². The van der Waals surface area contributed by atoms with E-state index in [1.54, 1.807) is 28.8 Å². The summed E-state index contributed by atoms with van der Waals surface area (Å²) in [6.07, 6.45) is 2.45. The molecule has 5 aromatic rings. The number of H-pyrrole nitrogens is 1. The second kappa shape index (κ2) is 7.63. The van der Waals surface area contributed by atoms with Crippen LogP contribution in [0.25, 0.3) is 21.9 Å². The Morgan fingerprint density at radius 1 is 1.13 bits per heavy atom. The average molecular weight is 476 g/mol. The largest absolute Gasteiger partial charge is 0.294 e. The Kier molecular flexibility index (Phi) is 4.94. The molecule has 1 N–H and O–H groups in total. The van der Waals surface area contributed by atoms with Crippen molar-refractivity contribution in [3.63, 3.8) is 0 Å². The van der Waals surface area contributed by atoms with Gasteiger partial charge in [0.25, 0.3) is 0 Å². The van der Waals surface area contributed by atoms with Crippen LogP contribution in [-0.4, -0.2) is 24.1 Å². The lowest BCUT2D eigenvalue weighted by atomic mass is 10.2. The highest BCUT2D eigenvalue weighted by Crippen LogP contribution is 2.28. The lowest BCUT2D eigenvalue weighted by Gasteiger charge is -2.09. The van der Waals surface area contributed by atoms with Gasteiger partial charge in [0.05, 0.1) is 16.4 Å². The van der Waals surface area contributed by atoms with E-state index in [1.807, 2.05) is 22.0 Å². The zero-order chi connectivity index (χ0) is 20.8. The first-order valence-corrected chi connectivity index (χ1v) is 10.9. The first kappa shape index (κ1) is 19.4. The van der Waals surface area contributed by atoms with Crippen LogP contribution in [0.1, 0.15) is 11.5 Å². The van der Waals surface area contributed by atoms with Gasteiger partial charge >= 0.3 is 0 Å².